The molecule has 2 atom stereocenters. The van der Waals surface area contributed by atoms with E-state index in [1.54, 1.807) is 19.1 Å². The summed E-state index contributed by atoms with van der Waals surface area (Å²) in [6.07, 6.45) is 0. The zero-order chi connectivity index (χ0) is 18.3. The van der Waals surface area contributed by atoms with Crippen LogP contribution < -0.4 is 24.7 Å². The fraction of sp³-hybridized carbons (Fsp3) is 0.316. The Kier molecular flexibility index (Phi) is 4.08. The molecule has 0 aliphatic carbocycles. The molecule has 0 bridgehead atoms. The Morgan fingerprint density at radius 1 is 1.08 bits per heavy atom. The molecule has 0 radical (unpaired) electrons. The summed E-state index contributed by atoms with van der Waals surface area (Å²) in [7, 11) is 3.17. The molecule has 1 amide bonds. The van der Waals surface area contributed by atoms with Gasteiger partial charge >= 0.3 is 0 Å². The van der Waals surface area contributed by atoms with Crippen LogP contribution in [0.1, 0.15) is 17.2 Å². The van der Waals surface area contributed by atoms with E-state index in [4.69, 9.17) is 24.7 Å². The van der Waals surface area contributed by atoms with Crippen molar-refractivity contribution >= 4 is 5.91 Å². The highest BCUT2D eigenvalue weighted by Crippen LogP contribution is 2.41. The SMILES string of the molecule is COc1ccc(CN2C(=O)[C@H](N)[C@@H]2c2ccc3c(c2)OCO3)cc1OC. The second-order valence-electron chi connectivity index (χ2n) is 6.24. The lowest BCUT2D eigenvalue weighted by Gasteiger charge is -2.45. The molecule has 0 unspecified atom stereocenters. The van der Waals surface area contributed by atoms with Gasteiger partial charge in [0, 0.05) is 6.54 Å². The maximum atomic E-state index is 12.4. The summed E-state index contributed by atoms with van der Waals surface area (Å²) >= 11 is 0. The molecule has 2 aromatic carbocycles. The first-order valence-corrected chi connectivity index (χ1v) is 8.29. The third kappa shape index (κ3) is 2.61. The number of benzene rings is 2. The topological polar surface area (TPSA) is 83.3 Å². The molecule has 2 aliphatic rings. The number of ether oxygens (including phenoxy) is 4. The Balaban J connectivity index is 1.58. The van der Waals surface area contributed by atoms with Gasteiger partial charge in [-0.1, -0.05) is 12.1 Å². The predicted octanol–water partition coefficient (Wildman–Crippen LogP) is 1.84. The Morgan fingerprint density at radius 2 is 1.85 bits per heavy atom. The van der Waals surface area contributed by atoms with Crippen molar-refractivity contribution in [3.8, 4) is 23.0 Å². The summed E-state index contributed by atoms with van der Waals surface area (Å²) < 4.78 is 21.4. The second-order valence-corrected chi connectivity index (χ2v) is 6.24. The standard InChI is InChI=1S/C19H20N2O5/c1-23-13-5-3-11(7-15(13)24-2)9-21-18(17(20)19(21)22)12-4-6-14-16(8-12)26-10-25-14/h3-8,17-18H,9-10,20H2,1-2H3/t17-,18+/m1/s1. The number of hydrogen-bond donors (Lipinski definition) is 1. The Hall–Kier alpha value is -2.93. The van der Waals surface area contributed by atoms with Crippen molar-refractivity contribution in [3.05, 3.63) is 47.5 Å². The first-order valence-electron chi connectivity index (χ1n) is 8.29. The van der Waals surface area contributed by atoms with Crippen molar-refractivity contribution in [1.29, 1.82) is 0 Å². The van der Waals surface area contributed by atoms with E-state index in [2.05, 4.69) is 0 Å². The van der Waals surface area contributed by atoms with Crippen LogP contribution in [0.3, 0.4) is 0 Å². The lowest BCUT2D eigenvalue weighted by molar-refractivity contribution is -0.150. The van der Waals surface area contributed by atoms with Gasteiger partial charge in [0.25, 0.3) is 0 Å². The summed E-state index contributed by atoms with van der Waals surface area (Å²) in [5, 5.41) is 0. The smallest absolute Gasteiger partial charge is 0.242 e. The van der Waals surface area contributed by atoms with Gasteiger partial charge in [-0.05, 0) is 35.4 Å². The second kappa shape index (κ2) is 6.42. The fourth-order valence-corrected chi connectivity index (χ4v) is 3.41. The van der Waals surface area contributed by atoms with E-state index in [1.807, 2.05) is 36.4 Å². The molecule has 1 saturated heterocycles. The molecular formula is C19H20N2O5. The minimum absolute atomic E-state index is 0.0811. The van der Waals surface area contributed by atoms with Gasteiger partial charge in [-0.15, -0.1) is 0 Å². The number of carbonyl (C=O) groups excluding carboxylic acids is 1. The van der Waals surface area contributed by atoms with Crippen molar-refractivity contribution in [1.82, 2.24) is 4.90 Å². The van der Waals surface area contributed by atoms with Crippen molar-refractivity contribution in [3.63, 3.8) is 0 Å². The number of β-lactam (4-membered cyclic amide) rings is 1. The van der Waals surface area contributed by atoms with Gasteiger partial charge in [0.05, 0.1) is 20.3 Å². The number of rotatable bonds is 5. The third-order valence-corrected chi connectivity index (χ3v) is 4.78. The minimum atomic E-state index is -0.560. The van der Waals surface area contributed by atoms with Crippen molar-refractivity contribution in [2.24, 2.45) is 5.73 Å². The minimum Gasteiger partial charge on any atom is -0.493 e. The molecule has 2 aliphatic heterocycles. The lowest BCUT2D eigenvalue weighted by atomic mass is 9.88. The number of carbonyl (C=O) groups is 1. The summed E-state index contributed by atoms with van der Waals surface area (Å²) in [4.78, 5) is 14.1. The summed E-state index contributed by atoms with van der Waals surface area (Å²) in [5.74, 6) is 2.58. The molecule has 26 heavy (non-hydrogen) atoms. The van der Waals surface area contributed by atoms with E-state index in [1.165, 1.54) is 0 Å². The van der Waals surface area contributed by atoms with E-state index in [9.17, 15) is 4.79 Å². The van der Waals surface area contributed by atoms with Crippen LogP contribution in [-0.4, -0.2) is 37.9 Å². The van der Waals surface area contributed by atoms with Crippen molar-refractivity contribution in [2.75, 3.05) is 21.0 Å². The number of fused-ring (bicyclic) bond motifs is 1. The predicted molar refractivity (Wildman–Crippen MR) is 93.4 cm³/mol. The van der Waals surface area contributed by atoms with E-state index in [-0.39, 0.29) is 18.7 Å². The van der Waals surface area contributed by atoms with Gasteiger partial charge in [-0.3, -0.25) is 4.79 Å². The van der Waals surface area contributed by atoms with Gasteiger partial charge < -0.3 is 29.6 Å². The highest BCUT2D eigenvalue weighted by Gasteiger charge is 2.46. The van der Waals surface area contributed by atoms with Crippen LogP contribution in [0.15, 0.2) is 36.4 Å². The first kappa shape index (κ1) is 16.5. The molecule has 7 nitrogen and oxygen atoms in total. The van der Waals surface area contributed by atoms with Crippen LogP contribution in [0.2, 0.25) is 0 Å². The van der Waals surface area contributed by atoms with E-state index >= 15 is 0 Å². The Labute approximate surface area is 151 Å². The zero-order valence-electron chi connectivity index (χ0n) is 14.6. The van der Waals surface area contributed by atoms with Gasteiger partial charge in [-0.2, -0.15) is 0 Å². The normalized spacial score (nSPS) is 20.7. The third-order valence-electron chi connectivity index (χ3n) is 4.78. The number of methoxy groups -OCH3 is 2. The van der Waals surface area contributed by atoms with Gasteiger partial charge in [0.15, 0.2) is 23.0 Å². The molecule has 0 saturated carbocycles. The number of nitrogens with zero attached hydrogens (tertiary/aromatic N) is 1. The van der Waals surface area contributed by atoms with Crippen LogP contribution in [0, 0.1) is 0 Å². The Bertz CT molecular complexity index is 854. The highest BCUT2D eigenvalue weighted by atomic mass is 16.7. The van der Waals surface area contributed by atoms with Crippen molar-refractivity contribution in [2.45, 2.75) is 18.6 Å². The quantitative estimate of drug-likeness (QED) is 0.823. The average Bonchev–Trinajstić information content (AvgIpc) is 3.14. The van der Waals surface area contributed by atoms with Gasteiger partial charge in [-0.25, -0.2) is 0 Å². The molecule has 7 heteroatoms. The van der Waals surface area contributed by atoms with Gasteiger partial charge in [0.1, 0.15) is 6.04 Å². The molecule has 2 heterocycles. The van der Waals surface area contributed by atoms with E-state index in [0.29, 0.717) is 29.5 Å². The molecule has 2 aromatic rings. The van der Waals surface area contributed by atoms with Crippen LogP contribution in [-0.2, 0) is 11.3 Å². The molecular weight excluding hydrogens is 336 g/mol. The van der Waals surface area contributed by atoms with E-state index in [0.717, 1.165) is 11.1 Å². The lowest BCUT2D eigenvalue weighted by Crippen LogP contribution is -2.62. The average molecular weight is 356 g/mol. The van der Waals surface area contributed by atoms with E-state index < -0.39 is 6.04 Å². The largest absolute Gasteiger partial charge is 0.493 e. The van der Waals surface area contributed by atoms with Crippen LogP contribution in [0.25, 0.3) is 0 Å². The molecule has 0 aromatic heterocycles. The Morgan fingerprint density at radius 3 is 2.62 bits per heavy atom. The maximum Gasteiger partial charge on any atom is 0.242 e. The first-order chi connectivity index (χ1) is 12.6. The molecule has 136 valence electrons. The maximum absolute atomic E-state index is 12.4. The zero-order valence-corrected chi connectivity index (χ0v) is 14.6. The van der Waals surface area contributed by atoms with Crippen molar-refractivity contribution < 1.29 is 23.7 Å². The number of hydrogen-bond acceptors (Lipinski definition) is 6. The van der Waals surface area contributed by atoms with Crippen LogP contribution >= 0.6 is 0 Å². The van der Waals surface area contributed by atoms with Crippen LogP contribution in [0.5, 0.6) is 23.0 Å². The highest BCUT2D eigenvalue weighted by molar-refractivity contribution is 5.89. The summed E-state index contributed by atoms with van der Waals surface area (Å²) in [6.45, 7) is 0.649. The molecule has 1 fully saturated rings. The number of nitrogens with two attached hydrogens (primary N) is 1. The van der Waals surface area contributed by atoms with Gasteiger partial charge in [0.2, 0.25) is 12.7 Å². The number of likely N-dealkylation sites (tertiary alicyclic amines) is 1. The van der Waals surface area contributed by atoms with Crippen LogP contribution in [0.4, 0.5) is 0 Å². The molecule has 0 spiro atoms. The molecule has 2 N–H and O–H groups in total. The summed E-state index contributed by atoms with van der Waals surface area (Å²) in [6, 6.07) is 10.5. The monoisotopic (exact) mass is 356 g/mol. The fourth-order valence-electron chi connectivity index (χ4n) is 3.41. The molecule has 4 rings (SSSR count). The number of amides is 1. The summed E-state index contributed by atoms with van der Waals surface area (Å²) in [5.41, 5.74) is 7.95.